The Morgan fingerprint density at radius 3 is 2.35 bits per heavy atom. The molecule has 0 N–H and O–H groups in total. The lowest BCUT2D eigenvalue weighted by atomic mass is 9.96. The molecule has 0 aliphatic carbocycles. The van der Waals surface area contributed by atoms with Crippen LogP contribution in [0.25, 0.3) is 0 Å². The summed E-state index contributed by atoms with van der Waals surface area (Å²) in [5.74, 6) is -0.0971. The van der Waals surface area contributed by atoms with Crippen LogP contribution in [0.4, 0.5) is 11.5 Å². The fraction of sp³-hybridized carbons (Fsp3) is 0.643. The summed E-state index contributed by atoms with van der Waals surface area (Å²) < 4.78 is 0. The van der Waals surface area contributed by atoms with E-state index < -0.39 is 4.92 Å². The fourth-order valence-corrected chi connectivity index (χ4v) is 2.51. The minimum atomic E-state index is -0.467. The van der Waals surface area contributed by atoms with Gasteiger partial charge in [0.1, 0.15) is 0 Å². The Labute approximate surface area is 119 Å². The molecule has 2 heterocycles. The van der Waals surface area contributed by atoms with Gasteiger partial charge in [-0.3, -0.25) is 4.90 Å². The Hall–Kier alpha value is -1.69. The van der Waals surface area contributed by atoms with Crippen LogP contribution in [0.3, 0.4) is 0 Å². The topological polar surface area (TPSA) is 62.5 Å². The maximum atomic E-state index is 10.6. The van der Waals surface area contributed by atoms with Gasteiger partial charge in [0, 0.05) is 38.8 Å². The van der Waals surface area contributed by atoms with Crippen LogP contribution in [0.2, 0.25) is 0 Å². The van der Waals surface area contributed by atoms with E-state index in [1.54, 1.807) is 12.3 Å². The van der Waals surface area contributed by atoms with E-state index in [1.807, 2.05) is 0 Å². The quantitative estimate of drug-likeness (QED) is 0.626. The Morgan fingerprint density at radius 1 is 1.25 bits per heavy atom. The molecule has 6 nitrogen and oxygen atoms in total. The average Bonchev–Trinajstić information content (AvgIpc) is 2.38. The van der Waals surface area contributed by atoms with Crippen LogP contribution < -0.4 is 4.90 Å². The second-order valence-electron chi connectivity index (χ2n) is 6.46. The van der Waals surface area contributed by atoms with Crippen LogP contribution in [0.5, 0.6) is 0 Å². The number of nitrogens with zero attached hydrogens (tertiary/aromatic N) is 4. The predicted molar refractivity (Wildman–Crippen MR) is 79.0 cm³/mol. The van der Waals surface area contributed by atoms with E-state index in [4.69, 9.17) is 0 Å². The number of nitro groups is 1. The molecule has 0 atom stereocenters. The van der Waals surface area contributed by atoms with E-state index in [0.29, 0.717) is 5.41 Å². The minimum absolute atomic E-state index is 0.0971. The van der Waals surface area contributed by atoms with Gasteiger partial charge in [-0.25, -0.2) is 0 Å². The lowest BCUT2D eigenvalue weighted by Crippen LogP contribution is -2.48. The van der Waals surface area contributed by atoms with E-state index in [1.165, 1.54) is 6.07 Å². The van der Waals surface area contributed by atoms with Crippen molar-refractivity contribution in [2.45, 2.75) is 20.8 Å². The Kier molecular flexibility index (Phi) is 4.23. The van der Waals surface area contributed by atoms with Crippen molar-refractivity contribution in [2.24, 2.45) is 5.41 Å². The molecule has 0 radical (unpaired) electrons. The highest BCUT2D eigenvalue weighted by molar-refractivity contribution is 5.46. The Balaban J connectivity index is 1.92. The van der Waals surface area contributed by atoms with Gasteiger partial charge >= 0.3 is 5.82 Å². The molecule has 0 saturated carbocycles. The third-order valence-corrected chi connectivity index (χ3v) is 3.35. The van der Waals surface area contributed by atoms with Crippen LogP contribution in [-0.4, -0.2) is 47.5 Å². The number of piperazine rings is 1. The third-order valence-electron chi connectivity index (χ3n) is 3.35. The van der Waals surface area contributed by atoms with Crippen molar-refractivity contribution < 1.29 is 4.92 Å². The number of anilines is 1. The summed E-state index contributed by atoms with van der Waals surface area (Å²) in [5, 5.41) is 10.6. The van der Waals surface area contributed by atoms with Crippen molar-refractivity contribution in [3.05, 3.63) is 28.4 Å². The summed E-state index contributed by atoms with van der Waals surface area (Å²) in [6, 6.07) is 3.25. The summed E-state index contributed by atoms with van der Waals surface area (Å²) in [7, 11) is 0. The second kappa shape index (κ2) is 5.75. The molecular formula is C14H22N4O2. The zero-order chi connectivity index (χ0) is 14.8. The van der Waals surface area contributed by atoms with Gasteiger partial charge in [-0.2, -0.15) is 0 Å². The number of pyridine rings is 1. The average molecular weight is 278 g/mol. The van der Waals surface area contributed by atoms with E-state index in [2.05, 4.69) is 35.6 Å². The zero-order valence-electron chi connectivity index (χ0n) is 12.4. The fourth-order valence-electron chi connectivity index (χ4n) is 2.51. The first kappa shape index (κ1) is 14.7. The maximum absolute atomic E-state index is 10.6. The molecule has 1 aliphatic rings. The molecule has 0 bridgehead atoms. The smallest absolute Gasteiger partial charge is 0.363 e. The van der Waals surface area contributed by atoms with E-state index >= 15 is 0 Å². The van der Waals surface area contributed by atoms with Crippen LogP contribution in [-0.2, 0) is 0 Å². The highest BCUT2D eigenvalue weighted by Gasteiger charge is 2.22. The molecule has 6 heteroatoms. The summed E-state index contributed by atoms with van der Waals surface area (Å²) >= 11 is 0. The highest BCUT2D eigenvalue weighted by atomic mass is 16.6. The second-order valence-corrected chi connectivity index (χ2v) is 6.46. The lowest BCUT2D eigenvalue weighted by Gasteiger charge is -2.38. The van der Waals surface area contributed by atoms with Crippen LogP contribution in [0, 0.1) is 15.5 Å². The van der Waals surface area contributed by atoms with Gasteiger partial charge in [0.15, 0.2) is 6.20 Å². The first-order valence-electron chi connectivity index (χ1n) is 6.93. The molecule has 0 aromatic carbocycles. The Morgan fingerprint density at radius 2 is 1.90 bits per heavy atom. The van der Waals surface area contributed by atoms with Gasteiger partial charge in [0.05, 0.1) is 5.69 Å². The number of aromatic nitrogens is 1. The highest BCUT2D eigenvalue weighted by Crippen LogP contribution is 2.20. The van der Waals surface area contributed by atoms with Crippen molar-refractivity contribution >= 4 is 11.5 Å². The maximum Gasteiger partial charge on any atom is 0.363 e. The molecule has 0 unspecified atom stereocenters. The normalized spacial score (nSPS) is 17.2. The predicted octanol–water partition coefficient (Wildman–Crippen LogP) is 2.16. The van der Waals surface area contributed by atoms with Gasteiger partial charge in [0.25, 0.3) is 0 Å². The van der Waals surface area contributed by atoms with Crippen molar-refractivity contribution in [1.29, 1.82) is 0 Å². The van der Waals surface area contributed by atoms with Crippen LogP contribution >= 0.6 is 0 Å². The molecule has 0 amide bonds. The third kappa shape index (κ3) is 3.90. The van der Waals surface area contributed by atoms with Gasteiger partial charge in [-0.1, -0.05) is 20.8 Å². The van der Waals surface area contributed by atoms with Gasteiger partial charge in [0.2, 0.25) is 0 Å². The van der Waals surface area contributed by atoms with E-state index in [-0.39, 0.29) is 5.82 Å². The van der Waals surface area contributed by atoms with Crippen molar-refractivity contribution in [3.8, 4) is 0 Å². The number of hydrogen-bond donors (Lipinski definition) is 0. The molecule has 1 aliphatic heterocycles. The monoisotopic (exact) mass is 278 g/mol. The van der Waals surface area contributed by atoms with Gasteiger partial charge in [-0.15, -0.1) is 0 Å². The van der Waals surface area contributed by atoms with E-state index in [9.17, 15) is 10.1 Å². The molecule has 20 heavy (non-hydrogen) atoms. The van der Waals surface area contributed by atoms with Crippen LogP contribution in [0.1, 0.15) is 20.8 Å². The standard InChI is InChI=1S/C14H22N4O2/c1-14(2,3)11-16-6-8-17(9-7-16)12-4-5-13(15-10-12)18(19)20/h4-5,10H,6-9,11H2,1-3H3. The van der Waals surface area contributed by atoms with Gasteiger partial charge in [-0.05, 0) is 21.4 Å². The zero-order valence-corrected chi connectivity index (χ0v) is 12.4. The molecule has 0 spiro atoms. The summed E-state index contributed by atoms with van der Waals surface area (Å²) in [6.07, 6.45) is 1.59. The first-order valence-corrected chi connectivity index (χ1v) is 6.93. The first-order chi connectivity index (χ1) is 9.35. The van der Waals surface area contributed by atoms with Gasteiger partial charge < -0.3 is 15.0 Å². The number of hydrogen-bond acceptors (Lipinski definition) is 5. The number of rotatable bonds is 3. The molecule has 1 saturated heterocycles. The molecule has 1 aromatic heterocycles. The molecule has 110 valence electrons. The van der Waals surface area contributed by atoms with Crippen molar-refractivity contribution in [3.63, 3.8) is 0 Å². The molecule has 1 aromatic rings. The SMILES string of the molecule is CC(C)(C)CN1CCN(c2ccc([N+](=O)[O-])nc2)CC1. The summed E-state index contributed by atoms with van der Waals surface area (Å²) in [5.41, 5.74) is 1.28. The summed E-state index contributed by atoms with van der Waals surface area (Å²) in [4.78, 5) is 18.7. The molecule has 1 fully saturated rings. The summed E-state index contributed by atoms with van der Waals surface area (Å²) in [6.45, 7) is 11.8. The van der Waals surface area contributed by atoms with Crippen LogP contribution in [0.15, 0.2) is 18.3 Å². The Bertz CT molecular complexity index is 459. The molecule has 2 rings (SSSR count). The molecular weight excluding hydrogens is 256 g/mol. The lowest BCUT2D eigenvalue weighted by molar-refractivity contribution is -0.389. The largest absolute Gasteiger partial charge is 0.366 e. The van der Waals surface area contributed by atoms with Crippen molar-refractivity contribution in [1.82, 2.24) is 9.88 Å². The van der Waals surface area contributed by atoms with Crippen molar-refractivity contribution in [2.75, 3.05) is 37.6 Å². The minimum Gasteiger partial charge on any atom is -0.366 e. The van der Waals surface area contributed by atoms with E-state index in [0.717, 1.165) is 38.4 Å².